The number of benzene rings is 1. The number of nitrogens with zero attached hydrogens (tertiary/aromatic N) is 2. The van der Waals surface area contributed by atoms with Crippen LogP contribution in [0.25, 0.3) is 17.0 Å². The SMILES string of the molecule is COc1cc[n+](-c2nc3cc4c(cc3[nH]2)C(C)(C)C(=O)C4(C)C)c(CSSC)c1C. The Morgan fingerprint density at radius 3 is 2.47 bits per heavy atom. The minimum Gasteiger partial charge on any atom is -0.496 e. The van der Waals surface area contributed by atoms with Gasteiger partial charge in [0.15, 0.2) is 11.3 Å². The lowest BCUT2D eigenvalue weighted by Gasteiger charge is -2.21. The lowest BCUT2D eigenvalue weighted by atomic mass is 9.80. The van der Waals surface area contributed by atoms with Crippen LogP contribution in [0, 0.1) is 6.92 Å². The Hall–Kier alpha value is -1.99. The van der Waals surface area contributed by atoms with E-state index in [-0.39, 0.29) is 5.78 Å². The number of pyridine rings is 1. The molecule has 0 saturated carbocycles. The first-order chi connectivity index (χ1) is 14.1. The number of methoxy groups -OCH3 is 1. The van der Waals surface area contributed by atoms with Gasteiger partial charge in [0.05, 0.1) is 19.1 Å². The second-order valence-electron chi connectivity index (χ2n) is 8.81. The molecule has 0 bridgehead atoms. The van der Waals surface area contributed by atoms with E-state index in [2.05, 4.69) is 34.9 Å². The Morgan fingerprint density at radius 1 is 1.17 bits per heavy atom. The second kappa shape index (κ2) is 7.31. The summed E-state index contributed by atoms with van der Waals surface area (Å²) in [6.45, 7) is 10.2. The maximum absolute atomic E-state index is 13.0. The molecule has 1 aliphatic rings. The van der Waals surface area contributed by atoms with Crippen LogP contribution in [0.3, 0.4) is 0 Å². The molecule has 4 rings (SSSR count). The standard InChI is InChI=1S/C23H28N3O2S2/c1-13-18(12-30-29-7)26(9-8-19(13)28-6)21-24-16-10-14-15(11-17(16)25-21)23(4,5)20(27)22(14,2)3/h8-11H,12H2,1-7H3,(H,24,25)/q+1. The van der Waals surface area contributed by atoms with Gasteiger partial charge in [-0.3, -0.25) is 4.79 Å². The van der Waals surface area contributed by atoms with Crippen LogP contribution < -0.4 is 9.30 Å². The Kier molecular flexibility index (Phi) is 5.18. The summed E-state index contributed by atoms with van der Waals surface area (Å²) < 4.78 is 7.64. The quantitative estimate of drug-likeness (QED) is 0.454. The highest BCUT2D eigenvalue weighted by molar-refractivity contribution is 8.76. The molecule has 1 aromatic carbocycles. The fourth-order valence-electron chi connectivity index (χ4n) is 4.61. The Labute approximate surface area is 185 Å². The van der Waals surface area contributed by atoms with Crippen molar-refractivity contribution in [2.24, 2.45) is 0 Å². The summed E-state index contributed by atoms with van der Waals surface area (Å²) in [4.78, 5) is 21.4. The molecule has 30 heavy (non-hydrogen) atoms. The van der Waals surface area contributed by atoms with Gasteiger partial charge in [0.2, 0.25) is 0 Å². The molecule has 158 valence electrons. The van der Waals surface area contributed by atoms with E-state index in [1.807, 2.05) is 40.0 Å². The first-order valence-electron chi connectivity index (χ1n) is 9.96. The van der Waals surface area contributed by atoms with Crippen LogP contribution in [-0.4, -0.2) is 29.1 Å². The van der Waals surface area contributed by atoms with Gasteiger partial charge in [-0.2, -0.15) is 0 Å². The molecule has 0 atom stereocenters. The third-order valence-corrected chi connectivity index (χ3v) is 8.01. The lowest BCUT2D eigenvalue weighted by molar-refractivity contribution is -0.610. The Morgan fingerprint density at radius 2 is 1.83 bits per heavy atom. The zero-order valence-electron chi connectivity index (χ0n) is 18.5. The fraction of sp³-hybridized carbons (Fsp3) is 0.435. The normalized spacial score (nSPS) is 16.8. The molecule has 0 fully saturated rings. The smallest absolute Gasteiger partial charge is 0.402 e. The Bertz CT molecular complexity index is 1110. The molecule has 0 amide bonds. The molecule has 0 saturated heterocycles. The van der Waals surface area contributed by atoms with Crippen molar-refractivity contribution in [1.82, 2.24) is 9.97 Å². The topological polar surface area (TPSA) is 58.9 Å². The first-order valence-corrected chi connectivity index (χ1v) is 12.7. The number of aromatic nitrogens is 3. The highest BCUT2D eigenvalue weighted by atomic mass is 33.1. The van der Waals surface area contributed by atoms with E-state index < -0.39 is 10.8 Å². The highest BCUT2D eigenvalue weighted by Crippen LogP contribution is 2.47. The zero-order valence-corrected chi connectivity index (χ0v) is 20.2. The van der Waals surface area contributed by atoms with Crippen LogP contribution in [0.1, 0.15) is 50.1 Å². The van der Waals surface area contributed by atoms with Crippen molar-refractivity contribution in [3.63, 3.8) is 0 Å². The summed E-state index contributed by atoms with van der Waals surface area (Å²) in [6, 6.07) is 6.17. The molecule has 5 nitrogen and oxygen atoms in total. The molecule has 0 radical (unpaired) electrons. The van der Waals surface area contributed by atoms with Crippen LogP contribution in [0.5, 0.6) is 5.75 Å². The first kappa shape index (κ1) is 21.2. The van der Waals surface area contributed by atoms with E-state index >= 15 is 0 Å². The van der Waals surface area contributed by atoms with Gasteiger partial charge in [0.1, 0.15) is 17.0 Å². The highest BCUT2D eigenvalue weighted by Gasteiger charge is 2.50. The van der Waals surface area contributed by atoms with Crippen molar-refractivity contribution in [3.8, 4) is 11.7 Å². The van der Waals surface area contributed by atoms with Gasteiger partial charge >= 0.3 is 5.95 Å². The second-order valence-corrected chi connectivity index (χ2v) is 11.4. The van der Waals surface area contributed by atoms with Crippen molar-refractivity contribution in [2.45, 2.75) is 51.2 Å². The number of Topliss-reactive ketones (excluding diaryl/α,β-unsaturated/α-hetero) is 1. The van der Waals surface area contributed by atoms with Gasteiger partial charge in [0, 0.05) is 22.5 Å². The molecule has 2 aromatic heterocycles. The average Bonchev–Trinajstić information content (AvgIpc) is 3.18. The van der Waals surface area contributed by atoms with Crippen molar-refractivity contribution in [1.29, 1.82) is 0 Å². The predicted molar refractivity (Wildman–Crippen MR) is 125 cm³/mol. The molecule has 1 aliphatic carbocycles. The number of ether oxygens (including phenoxy) is 1. The van der Waals surface area contributed by atoms with E-state index in [1.165, 1.54) is 0 Å². The number of hydrogen-bond acceptors (Lipinski definition) is 5. The third-order valence-electron chi connectivity index (χ3n) is 6.32. The van der Waals surface area contributed by atoms with Gasteiger partial charge in [0.25, 0.3) is 0 Å². The monoisotopic (exact) mass is 442 g/mol. The molecule has 0 unspecified atom stereocenters. The van der Waals surface area contributed by atoms with Crippen LogP contribution in [-0.2, 0) is 21.4 Å². The van der Waals surface area contributed by atoms with Gasteiger partial charge in [-0.15, -0.1) is 0 Å². The summed E-state index contributed by atoms with van der Waals surface area (Å²) in [6.07, 6.45) is 4.09. The van der Waals surface area contributed by atoms with E-state index in [0.29, 0.717) is 0 Å². The van der Waals surface area contributed by atoms with E-state index in [1.54, 1.807) is 28.7 Å². The van der Waals surface area contributed by atoms with Crippen LogP contribution >= 0.6 is 21.6 Å². The number of aromatic amines is 1. The lowest BCUT2D eigenvalue weighted by Crippen LogP contribution is -2.37. The number of nitrogens with one attached hydrogen (secondary N) is 1. The number of ketones is 1. The van der Waals surface area contributed by atoms with Crippen LogP contribution in [0.4, 0.5) is 0 Å². The largest absolute Gasteiger partial charge is 0.496 e. The van der Waals surface area contributed by atoms with Gasteiger partial charge in [-0.1, -0.05) is 26.6 Å². The number of carbonyl (C=O) groups is 1. The summed E-state index contributed by atoms with van der Waals surface area (Å²) >= 11 is 0. The number of fused-ring (bicyclic) bond motifs is 2. The summed E-state index contributed by atoms with van der Waals surface area (Å²) in [5.74, 6) is 2.75. The molecular formula is C23H28N3O2S2+. The Balaban J connectivity index is 1.89. The maximum atomic E-state index is 13.0. The molecule has 0 aliphatic heterocycles. The van der Waals surface area contributed by atoms with Gasteiger partial charge < -0.3 is 4.74 Å². The van der Waals surface area contributed by atoms with E-state index in [4.69, 9.17) is 9.72 Å². The van der Waals surface area contributed by atoms with Crippen LogP contribution in [0.2, 0.25) is 0 Å². The van der Waals surface area contributed by atoms with Crippen molar-refractivity contribution in [3.05, 3.63) is 46.8 Å². The average molecular weight is 443 g/mol. The van der Waals surface area contributed by atoms with Gasteiger partial charge in [-0.05, 0) is 64.1 Å². The van der Waals surface area contributed by atoms with E-state index in [0.717, 1.165) is 50.9 Å². The number of imidazole rings is 1. The molecule has 7 heteroatoms. The van der Waals surface area contributed by atoms with E-state index in [9.17, 15) is 4.79 Å². The number of H-pyrrole nitrogens is 1. The van der Waals surface area contributed by atoms with Crippen molar-refractivity contribution < 1.29 is 14.1 Å². The maximum Gasteiger partial charge on any atom is 0.402 e. The summed E-state index contributed by atoms with van der Waals surface area (Å²) in [5, 5.41) is 0. The molecule has 2 heterocycles. The minimum absolute atomic E-state index is 0.259. The number of carbonyl (C=O) groups excluding carboxylic acids is 1. The number of hydrogen-bond donors (Lipinski definition) is 1. The van der Waals surface area contributed by atoms with Gasteiger partial charge in [-0.25, -0.2) is 9.55 Å². The van der Waals surface area contributed by atoms with Crippen LogP contribution in [0.15, 0.2) is 24.4 Å². The molecule has 1 N–H and O–H groups in total. The summed E-state index contributed by atoms with van der Waals surface area (Å²) in [5.41, 5.74) is 5.26. The molecule has 0 spiro atoms. The fourth-order valence-corrected chi connectivity index (χ4v) is 5.88. The summed E-state index contributed by atoms with van der Waals surface area (Å²) in [7, 11) is 5.23. The van der Waals surface area contributed by atoms with Crippen molar-refractivity contribution in [2.75, 3.05) is 13.4 Å². The minimum atomic E-state index is -0.504. The predicted octanol–water partition coefficient (Wildman–Crippen LogP) is 4.81. The van der Waals surface area contributed by atoms with Crippen molar-refractivity contribution >= 4 is 38.4 Å². The molecule has 3 aromatic rings. The zero-order chi connectivity index (χ0) is 21.8. The number of rotatable bonds is 5. The third kappa shape index (κ3) is 3.05. The molecular weight excluding hydrogens is 414 g/mol.